The molecular formula is C8H10N2O2S. The van der Waals surface area contributed by atoms with E-state index in [1.807, 2.05) is 0 Å². The van der Waals surface area contributed by atoms with Crippen molar-refractivity contribution in [2.75, 3.05) is 12.9 Å². The number of nitrogens with zero attached hydrogens (tertiary/aromatic N) is 2. The fourth-order valence-electron chi connectivity index (χ4n) is 0.701. The highest BCUT2D eigenvalue weighted by Crippen LogP contribution is 2.13. The Hall–Kier alpha value is -1.10. The lowest BCUT2D eigenvalue weighted by Crippen LogP contribution is -2.01. The molecule has 0 fully saturated rings. The molecule has 1 rings (SSSR count). The molecule has 0 saturated carbocycles. The minimum Gasteiger partial charge on any atom is -0.469 e. The summed E-state index contributed by atoms with van der Waals surface area (Å²) < 4.78 is 4.50. The molecule has 4 nitrogen and oxygen atoms in total. The first-order valence-electron chi connectivity index (χ1n) is 3.78. The molecule has 1 aromatic rings. The molecule has 5 heteroatoms. The summed E-state index contributed by atoms with van der Waals surface area (Å²) in [6.45, 7) is 0. The molecule has 0 N–H and O–H groups in total. The molecule has 0 saturated heterocycles. The van der Waals surface area contributed by atoms with Crippen LogP contribution in [0.15, 0.2) is 23.6 Å². The number of methoxy groups -OCH3 is 1. The van der Waals surface area contributed by atoms with Gasteiger partial charge in [0, 0.05) is 18.1 Å². The van der Waals surface area contributed by atoms with E-state index in [0.29, 0.717) is 12.2 Å². The van der Waals surface area contributed by atoms with Crippen LogP contribution in [0, 0.1) is 0 Å². The molecule has 1 aromatic heterocycles. The van der Waals surface area contributed by atoms with Gasteiger partial charge >= 0.3 is 5.97 Å². The molecular weight excluding hydrogens is 188 g/mol. The van der Waals surface area contributed by atoms with Crippen molar-refractivity contribution in [3.05, 3.63) is 18.6 Å². The SMILES string of the molecule is COC(=O)CCSc1cnccn1. The highest BCUT2D eigenvalue weighted by atomic mass is 32.2. The Labute approximate surface area is 80.7 Å². The molecule has 70 valence electrons. The van der Waals surface area contributed by atoms with Crippen LogP contribution >= 0.6 is 11.8 Å². The van der Waals surface area contributed by atoms with Crippen LogP contribution in [0.2, 0.25) is 0 Å². The van der Waals surface area contributed by atoms with Gasteiger partial charge in [-0.15, -0.1) is 11.8 Å². The fourth-order valence-corrected chi connectivity index (χ4v) is 1.45. The number of ether oxygens (including phenoxy) is 1. The summed E-state index contributed by atoms with van der Waals surface area (Å²) in [6.07, 6.45) is 5.31. The molecule has 0 aliphatic rings. The number of carbonyl (C=O) groups excluding carboxylic acids is 1. The van der Waals surface area contributed by atoms with E-state index in [0.717, 1.165) is 5.03 Å². The molecule has 0 atom stereocenters. The van der Waals surface area contributed by atoms with Gasteiger partial charge in [-0.05, 0) is 0 Å². The van der Waals surface area contributed by atoms with Crippen LogP contribution in [-0.4, -0.2) is 28.8 Å². The summed E-state index contributed by atoms with van der Waals surface area (Å²) >= 11 is 1.49. The van der Waals surface area contributed by atoms with Gasteiger partial charge in [0.1, 0.15) is 5.03 Å². The number of hydrogen-bond donors (Lipinski definition) is 0. The minimum atomic E-state index is -0.198. The Morgan fingerprint density at radius 1 is 1.62 bits per heavy atom. The Balaban J connectivity index is 2.24. The van der Waals surface area contributed by atoms with Gasteiger partial charge in [0.25, 0.3) is 0 Å². The van der Waals surface area contributed by atoms with E-state index in [-0.39, 0.29) is 5.97 Å². The summed E-state index contributed by atoms with van der Waals surface area (Å²) in [7, 11) is 1.38. The molecule has 0 unspecified atom stereocenters. The van der Waals surface area contributed by atoms with E-state index >= 15 is 0 Å². The summed E-state index contributed by atoms with van der Waals surface area (Å²) in [5.41, 5.74) is 0. The quantitative estimate of drug-likeness (QED) is 0.536. The molecule has 0 spiro atoms. The average Bonchev–Trinajstić information content (AvgIpc) is 2.19. The van der Waals surface area contributed by atoms with Gasteiger partial charge in [-0.25, -0.2) is 4.98 Å². The summed E-state index contributed by atoms with van der Waals surface area (Å²) in [5.74, 6) is 0.474. The third-order valence-corrected chi connectivity index (χ3v) is 2.24. The zero-order valence-electron chi connectivity index (χ0n) is 7.27. The lowest BCUT2D eigenvalue weighted by atomic mass is 10.5. The number of hydrogen-bond acceptors (Lipinski definition) is 5. The molecule has 0 aliphatic heterocycles. The maximum Gasteiger partial charge on any atom is 0.306 e. The van der Waals surface area contributed by atoms with Crippen LogP contribution in [0.3, 0.4) is 0 Å². The predicted octanol–water partition coefficient (Wildman–Crippen LogP) is 1.13. The van der Waals surface area contributed by atoms with Crippen LogP contribution < -0.4 is 0 Å². The Bertz CT molecular complexity index is 266. The van der Waals surface area contributed by atoms with Crippen molar-refractivity contribution in [3.63, 3.8) is 0 Å². The summed E-state index contributed by atoms with van der Waals surface area (Å²) in [6, 6.07) is 0. The molecule has 0 radical (unpaired) electrons. The van der Waals surface area contributed by atoms with Crippen LogP contribution in [0.5, 0.6) is 0 Å². The topological polar surface area (TPSA) is 52.1 Å². The Morgan fingerprint density at radius 3 is 3.08 bits per heavy atom. The Kier molecular flexibility index (Phi) is 4.25. The lowest BCUT2D eigenvalue weighted by Gasteiger charge is -1.98. The van der Waals surface area contributed by atoms with Gasteiger partial charge in [0.05, 0.1) is 19.7 Å². The van der Waals surface area contributed by atoms with Crippen molar-refractivity contribution in [1.29, 1.82) is 0 Å². The monoisotopic (exact) mass is 198 g/mol. The van der Waals surface area contributed by atoms with Crippen molar-refractivity contribution in [1.82, 2.24) is 9.97 Å². The third kappa shape index (κ3) is 3.89. The van der Waals surface area contributed by atoms with Crippen molar-refractivity contribution < 1.29 is 9.53 Å². The van der Waals surface area contributed by atoms with E-state index in [1.165, 1.54) is 18.9 Å². The van der Waals surface area contributed by atoms with Crippen molar-refractivity contribution in [2.24, 2.45) is 0 Å². The zero-order chi connectivity index (χ0) is 9.52. The van der Waals surface area contributed by atoms with E-state index in [2.05, 4.69) is 14.7 Å². The first kappa shape index (κ1) is 9.98. The maximum absolute atomic E-state index is 10.7. The molecule has 0 aliphatic carbocycles. The second-order valence-corrected chi connectivity index (χ2v) is 3.33. The smallest absolute Gasteiger partial charge is 0.306 e. The number of carbonyl (C=O) groups is 1. The first-order chi connectivity index (χ1) is 6.33. The van der Waals surface area contributed by atoms with E-state index in [4.69, 9.17) is 0 Å². The normalized spacial score (nSPS) is 9.62. The number of aromatic nitrogens is 2. The largest absolute Gasteiger partial charge is 0.469 e. The van der Waals surface area contributed by atoms with Gasteiger partial charge in [-0.1, -0.05) is 0 Å². The average molecular weight is 198 g/mol. The van der Waals surface area contributed by atoms with E-state index in [9.17, 15) is 4.79 Å². The van der Waals surface area contributed by atoms with Gasteiger partial charge in [0.15, 0.2) is 0 Å². The standard InChI is InChI=1S/C8H10N2O2S/c1-12-8(11)2-5-13-7-6-9-3-4-10-7/h3-4,6H,2,5H2,1H3. The summed E-state index contributed by atoms with van der Waals surface area (Å²) in [5, 5.41) is 0.825. The zero-order valence-corrected chi connectivity index (χ0v) is 8.08. The maximum atomic E-state index is 10.7. The Morgan fingerprint density at radius 2 is 2.46 bits per heavy atom. The molecule has 0 amide bonds. The number of rotatable bonds is 4. The molecule has 0 bridgehead atoms. The predicted molar refractivity (Wildman–Crippen MR) is 49.4 cm³/mol. The van der Waals surface area contributed by atoms with E-state index < -0.39 is 0 Å². The number of thioether (sulfide) groups is 1. The fraction of sp³-hybridized carbons (Fsp3) is 0.375. The molecule has 13 heavy (non-hydrogen) atoms. The van der Waals surface area contributed by atoms with Crippen LogP contribution in [-0.2, 0) is 9.53 Å². The second-order valence-electron chi connectivity index (χ2n) is 2.22. The third-order valence-electron chi connectivity index (χ3n) is 1.32. The van der Waals surface area contributed by atoms with E-state index in [1.54, 1.807) is 18.6 Å². The second kappa shape index (κ2) is 5.53. The first-order valence-corrected chi connectivity index (χ1v) is 4.77. The van der Waals surface area contributed by atoms with Crippen molar-refractivity contribution in [2.45, 2.75) is 11.4 Å². The molecule has 1 heterocycles. The van der Waals surface area contributed by atoms with Gasteiger partial charge in [-0.3, -0.25) is 9.78 Å². The van der Waals surface area contributed by atoms with Crippen LogP contribution in [0.4, 0.5) is 0 Å². The van der Waals surface area contributed by atoms with Crippen molar-refractivity contribution >= 4 is 17.7 Å². The van der Waals surface area contributed by atoms with Crippen LogP contribution in [0.1, 0.15) is 6.42 Å². The van der Waals surface area contributed by atoms with Crippen molar-refractivity contribution in [3.8, 4) is 0 Å². The van der Waals surface area contributed by atoms with Gasteiger partial charge in [-0.2, -0.15) is 0 Å². The highest BCUT2D eigenvalue weighted by molar-refractivity contribution is 7.99. The highest BCUT2D eigenvalue weighted by Gasteiger charge is 2.00. The van der Waals surface area contributed by atoms with Gasteiger partial charge < -0.3 is 4.74 Å². The van der Waals surface area contributed by atoms with Gasteiger partial charge in [0.2, 0.25) is 0 Å². The van der Waals surface area contributed by atoms with Crippen LogP contribution in [0.25, 0.3) is 0 Å². The molecule has 0 aromatic carbocycles. The number of esters is 1. The summed E-state index contributed by atoms with van der Waals surface area (Å²) in [4.78, 5) is 18.7. The minimum absolute atomic E-state index is 0.198. The lowest BCUT2D eigenvalue weighted by molar-refractivity contribution is -0.140.